The number of carbonyl (C=O) groups is 1. The Kier molecular flexibility index (Phi) is 64.3. The van der Waals surface area contributed by atoms with Crippen LogP contribution in [0.4, 0.5) is 17.6 Å². The zero-order valence-electron chi connectivity index (χ0n) is 71.4. The van der Waals surface area contributed by atoms with Crippen molar-refractivity contribution in [3.05, 3.63) is 576 Å². The number of benzene rings is 2. The topological polar surface area (TPSA) is 55.8 Å². The zero-order chi connectivity index (χ0) is 95.7. The lowest BCUT2D eigenvalue weighted by molar-refractivity contribution is 0.0983. The molecule has 0 spiro atoms. The van der Waals surface area contributed by atoms with Crippen molar-refractivity contribution in [3.63, 3.8) is 0 Å². The molecule has 4 nitrogen and oxygen atoms in total. The quantitative estimate of drug-likeness (QED) is 0.124. The smallest absolute Gasteiger partial charge is 0.250 e. The Balaban J connectivity index is 0. The summed E-state index contributed by atoms with van der Waals surface area (Å²) in [7, 11) is -4.54. The van der Waals surface area contributed by atoms with Crippen LogP contribution in [-0.4, -0.2) is 27.5 Å². The van der Waals surface area contributed by atoms with E-state index in [1.165, 1.54) is 0 Å². The average molecular weight is 1700 g/mol. The van der Waals surface area contributed by atoms with Gasteiger partial charge in [-0.1, -0.05) is 74.3 Å². The van der Waals surface area contributed by atoms with Gasteiger partial charge in [0.05, 0.1) is 11.7 Å². The first-order chi connectivity index (χ1) is 62.9. The van der Waals surface area contributed by atoms with Crippen molar-refractivity contribution in [2.24, 2.45) is 0 Å². The predicted molar refractivity (Wildman–Crippen MR) is 485 cm³/mol. The van der Waals surface area contributed by atoms with E-state index in [0.717, 1.165) is 24.3 Å². The Hall–Kier alpha value is -21.8. The number of carbonyl (C=O) groups excluding carboxylic acids is 1. The number of halogens is 4. The van der Waals surface area contributed by atoms with Crippen molar-refractivity contribution in [1.29, 1.82) is 0 Å². The molecule has 0 saturated heterocycles. The minimum Gasteiger partial charge on any atom is -0.541 e. The first kappa shape index (κ1) is 111. The third-order valence-electron chi connectivity index (χ3n) is 13.2. The van der Waals surface area contributed by atoms with E-state index < -0.39 is 51.8 Å². The van der Waals surface area contributed by atoms with Gasteiger partial charge in [-0.2, -0.15) is 0 Å². The summed E-state index contributed by atoms with van der Waals surface area (Å²) < 4.78 is 67.5. The molecule has 0 fully saturated rings. The summed E-state index contributed by atoms with van der Waals surface area (Å²) in [5, 5.41) is 9.51. The lowest BCUT2D eigenvalue weighted by atomic mass is 10.1. The summed E-state index contributed by atoms with van der Waals surface area (Å²) in [6, 6.07) is 4.03. The molecule has 2 rings (SSSR count). The van der Waals surface area contributed by atoms with Crippen molar-refractivity contribution in [1.82, 2.24) is 0 Å². The Morgan fingerprint density at radius 3 is 0.565 bits per heavy atom. The monoisotopic (exact) mass is 1700 g/mol. The SMILES string of the molecule is C.C=C=C=C=C=C=C=C=C=C=C=C=C=C=C=C=C=C=C=C=C=C=C=C=C=C=C=C=C=C=C=C=C=C=C=C=C=C=C=C=C=C=C=C=C=C=C=C=C=C=C=C=C=C=C=C=C=C=C=C=C=C=C=C=C=C=C=C=C=C=C=C=C=C=C=C=C=C=C=C=C=C=C=C=C=C=C=C=C=C.CCC(=O)c1cc(F)cc(O[Si](C)(C)C(C)(C)C)c1F.CCC(O)c1cc(F)cc(O[Si](C)(C)C(C)(C)C)c1F. The fraction of sp³-hybridized carbons (Fsp3) is 0.149. The van der Waals surface area contributed by atoms with Crippen molar-refractivity contribution in [2.45, 2.75) is 118 Å². The van der Waals surface area contributed by atoms with Crippen LogP contribution < -0.4 is 8.85 Å². The second kappa shape index (κ2) is 75.7. The van der Waals surface area contributed by atoms with Crippen molar-refractivity contribution in [2.75, 3.05) is 0 Å². The van der Waals surface area contributed by atoms with Crippen molar-refractivity contribution < 1.29 is 36.3 Å². The highest BCUT2D eigenvalue weighted by Crippen LogP contribution is 2.40. The molecule has 10 heteroatoms. The first-order valence-electron chi connectivity index (χ1n) is 36.0. The second-order valence-corrected chi connectivity index (χ2v) is 33.6. The molecule has 2 aromatic carbocycles. The molecular formula is C121H54F4O4Si2. The van der Waals surface area contributed by atoms with Crippen molar-refractivity contribution >= 4 is 22.4 Å². The number of rotatable bonds is 8. The van der Waals surface area contributed by atoms with Crippen molar-refractivity contribution in [3.8, 4) is 11.5 Å². The lowest BCUT2D eigenvalue weighted by Crippen LogP contribution is -2.44. The summed E-state index contributed by atoms with van der Waals surface area (Å²) >= 11 is 0. The van der Waals surface area contributed by atoms with E-state index in [0.29, 0.717) is 6.42 Å². The third-order valence-corrected chi connectivity index (χ3v) is 21.9. The molecule has 0 saturated carbocycles. The van der Waals surface area contributed by atoms with Gasteiger partial charge < -0.3 is 14.0 Å². The summed E-state index contributed by atoms with van der Waals surface area (Å²) in [5.41, 5.74) is 219. The maximum atomic E-state index is 14.4. The van der Waals surface area contributed by atoms with Gasteiger partial charge in [-0.3, -0.25) is 4.79 Å². The van der Waals surface area contributed by atoms with E-state index >= 15 is 0 Å². The van der Waals surface area contributed by atoms with Gasteiger partial charge in [-0.25, -0.2) is 17.6 Å². The molecule has 131 heavy (non-hydrogen) atoms. The minimum atomic E-state index is -2.29. The van der Waals surface area contributed by atoms with E-state index in [1.54, 1.807) is 13.8 Å². The molecule has 0 aliphatic heterocycles. The number of Topliss-reactive ketones (excluding diaryl/α,β-unsaturated/α-hetero) is 1. The van der Waals surface area contributed by atoms with Gasteiger partial charge in [-0.15, -0.1) is 0 Å². The summed E-state index contributed by atoms with van der Waals surface area (Å²) in [4.78, 5) is 11.7. The lowest BCUT2D eigenvalue weighted by Gasteiger charge is -2.36. The molecule has 2 aromatic rings. The zero-order valence-corrected chi connectivity index (χ0v) is 73.4. The van der Waals surface area contributed by atoms with Gasteiger partial charge in [0.1, 0.15) is 23.1 Å². The largest absolute Gasteiger partial charge is 0.541 e. The van der Waals surface area contributed by atoms with Gasteiger partial charge in [-0.05, 0) is 160 Å². The normalized spacial score (nSPS) is 6.79. The molecule has 0 aliphatic carbocycles. The maximum absolute atomic E-state index is 14.4. The highest BCUT2D eigenvalue weighted by atomic mass is 28.4. The molecule has 0 heterocycles. The van der Waals surface area contributed by atoms with Gasteiger partial charge in [0, 0.05) is 425 Å². The first-order valence-corrected chi connectivity index (χ1v) is 41.8. The second-order valence-electron chi connectivity index (χ2n) is 24.1. The van der Waals surface area contributed by atoms with E-state index in [4.69, 9.17) is 8.85 Å². The minimum absolute atomic E-state index is 0. The molecule has 0 aromatic heterocycles. The van der Waals surface area contributed by atoms with E-state index in [1.807, 2.05) is 67.7 Å². The van der Waals surface area contributed by atoms with E-state index in [9.17, 15) is 27.5 Å². The molecule has 0 bridgehead atoms. The number of aliphatic hydroxyl groups excluding tert-OH is 1. The van der Waals surface area contributed by atoms with Crippen LogP contribution in [0.1, 0.15) is 97.7 Å². The number of hydrogen-bond acceptors (Lipinski definition) is 4. The van der Waals surface area contributed by atoms with Crippen LogP contribution in [0, 0.1) is 23.3 Å². The molecule has 0 radical (unpaired) electrons. The number of hydrogen-bond donors (Lipinski definition) is 1. The molecule has 598 valence electrons. The highest BCUT2D eigenvalue weighted by molar-refractivity contribution is 6.75. The molecule has 0 amide bonds. The molecule has 0 aliphatic rings. The Labute approximate surface area is 759 Å². The fourth-order valence-corrected chi connectivity index (χ4v) is 7.73. The van der Waals surface area contributed by atoms with Crippen LogP contribution in [-0.2, 0) is 0 Å². The van der Waals surface area contributed by atoms with Crippen LogP contribution in [0.5, 0.6) is 11.5 Å². The van der Waals surface area contributed by atoms with Gasteiger partial charge in [0.15, 0.2) is 17.4 Å². The average Bonchev–Trinajstić information content (AvgIpc) is 0.802. The van der Waals surface area contributed by atoms with Gasteiger partial charge in [0.2, 0.25) is 0 Å². The molecular weight excluding hydrogens is 1650 g/mol. The maximum Gasteiger partial charge on any atom is 0.250 e. The van der Waals surface area contributed by atoms with Gasteiger partial charge in [0.25, 0.3) is 16.6 Å². The van der Waals surface area contributed by atoms with Crippen LogP contribution in [0.25, 0.3) is 0 Å². The molecule has 1 N–H and O–H groups in total. The number of ketones is 1. The molecule has 1 atom stereocenters. The Bertz CT molecular complexity index is 8520. The summed E-state index contributed by atoms with van der Waals surface area (Å²) in [5.74, 6) is -3.36. The summed E-state index contributed by atoms with van der Waals surface area (Å²) in [6.07, 6.45) is -0.577. The Morgan fingerprint density at radius 1 is 0.282 bits per heavy atom. The van der Waals surface area contributed by atoms with Gasteiger partial charge >= 0.3 is 0 Å². The van der Waals surface area contributed by atoms with Crippen LogP contribution in [0.2, 0.25) is 36.3 Å². The highest BCUT2D eigenvalue weighted by Gasteiger charge is 2.41. The van der Waals surface area contributed by atoms with E-state index in [-0.39, 0.29) is 46.5 Å². The molecule has 1 unspecified atom stereocenters. The van der Waals surface area contributed by atoms with Crippen LogP contribution in [0.15, 0.2) is 542 Å². The predicted octanol–water partition coefficient (Wildman–Crippen LogP) is 24.8. The number of aliphatic hydroxyl groups is 1. The third kappa shape index (κ3) is 64.8. The fourth-order valence-electron chi connectivity index (χ4n) is 5.72. The summed E-state index contributed by atoms with van der Waals surface area (Å²) in [6.45, 7) is 29.9. The van der Waals surface area contributed by atoms with Crippen LogP contribution in [0.3, 0.4) is 0 Å². The Morgan fingerprint density at radius 2 is 0.427 bits per heavy atom. The van der Waals surface area contributed by atoms with Crippen LogP contribution >= 0.6 is 0 Å². The van der Waals surface area contributed by atoms with E-state index in [2.05, 4.69) is 518 Å². The standard InChI is InChI=1S/C90H4.C15H24F2O2Si.C15H22F2O2Si.CH4/c1-3-5-7-9-11-13-15-17-19-21-23-25-27-29-31-33-35-37-39-41-43-45-47-49-51-53-55-57-59-61-63-65-67-69-71-73-75-77-79-81-83-85-87-89-90-88-86-84-82-80-78-76-74-72-70-68-66-64-62-60-58-56-54-52-50-48-46-44-42-40-38-36-34-32-30-28-26-24-22-20-18-16-14-12-10-8-6-4-2;2*1-7-12(18)11-8-10(16)9-13(14(11)17)19-20(5,6)15(2,3)4;/h1-2H2;8-9,12,18H,7H2,1-6H3;8-9H,7H2,1-6H3;1H4.